The third kappa shape index (κ3) is 5.81. The number of likely N-dealkylation sites (N-methyl/N-ethyl adjacent to an activating group) is 1. The normalized spacial score (nSPS) is 11.6. The number of halogens is 1. The zero-order valence-corrected chi connectivity index (χ0v) is 16.8. The van der Waals surface area contributed by atoms with Crippen molar-refractivity contribution in [3.63, 3.8) is 0 Å². The van der Waals surface area contributed by atoms with Gasteiger partial charge in [0.25, 0.3) is 5.91 Å². The Kier molecular flexibility index (Phi) is 7.55. The quantitative estimate of drug-likeness (QED) is 0.757. The zero-order valence-electron chi connectivity index (χ0n) is 16.8. The molecule has 0 aliphatic heterocycles. The van der Waals surface area contributed by atoms with Gasteiger partial charge in [-0.15, -0.1) is 0 Å². The van der Waals surface area contributed by atoms with Crippen LogP contribution in [0, 0.1) is 19.7 Å². The smallest absolute Gasteiger partial charge is 0.261 e. The molecule has 0 spiro atoms. The average molecular weight is 386 g/mol. The van der Waals surface area contributed by atoms with Gasteiger partial charge in [0.05, 0.1) is 0 Å². The van der Waals surface area contributed by atoms with Crippen LogP contribution < -0.4 is 10.1 Å². The van der Waals surface area contributed by atoms with E-state index in [1.807, 2.05) is 39.0 Å². The summed E-state index contributed by atoms with van der Waals surface area (Å²) in [4.78, 5) is 26.6. The van der Waals surface area contributed by atoms with Crippen LogP contribution in [-0.2, 0) is 16.1 Å². The van der Waals surface area contributed by atoms with Gasteiger partial charge in [-0.05, 0) is 57.0 Å². The standard InChI is InChI=1S/C22H27FN2O3/c1-5-24-22(27)17(4)25(13-18-7-9-19(23)10-8-18)21(26)14-28-20-11-6-15(2)12-16(20)3/h6-12,17H,5,13-14H2,1-4H3,(H,24,27)/t17-/m1/s1. The summed E-state index contributed by atoms with van der Waals surface area (Å²) in [6.45, 7) is 7.87. The molecule has 5 nitrogen and oxygen atoms in total. The molecule has 2 amide bonds. The van der Waals surface area contributed by atoms with Crippen molar-refractivity contribution < 1.29 is 18.7 Å². The monoisotopic (exact) mass is 386 g/mol. The lowest BCUT2D eigenvalue weighted by Gasteiger charge is -2.28. The van der Waals surface area contributed by atoms with E-state index in [9.17, 15) is 14.0 Å². The highest BCUT2D eigenvalue weighted by atomic mass is 19.1. The van der Waals surface area contributed by atoms with Crippen LogP contribution in [0.15, 0.2) is 42.5 Å². The molecular formula is C22H27FN2O3. The highest BCUT2D eigenvalue weighted by Gasteiger charge is 2.26. The minimum Gasteiger partial charge on any atom is -0.483 e. The fourth-order valence-electron chi connectivity index (χ4n) is 2.87. The first-order valence-corrected chi connectivity index (χ1v) is 9.33. The van der Waals surface area contributed by atoms with Crippen LogP contribution >= 0.6 is 0 Å². The number of nitrogens with zero attached hydrogens (tertiary/aromatic N) is 1. The summed E-state index contributed by atoms with van der Waals surface area (Å²) in [5.41, 5.74) is 2.78. The van der Waals surface area contributed by atoms with E-state index in [0.29, 0.717) is 12.3 Å². The summed E-state index contributed by atoms with van der Waals surface area (Å²) < 4.78 is 18.9. The largest absolute Gasteiger partial charge is 0.483 e. The lowest BCUT2D eigenvalue weighted by atomic mass is 10.1. The molecule has 0 saturated carbocycles. The number of rotatable bonds is 8. The van der Waals surface area contributed by atoms with E-state index >= 15 is 0 Å². The van der Waals surface area contributed by atoms with Crippen LogP contribution in [0.2, 0.25) is 0 Å². The molecular weight excluding hydrogens is 359 g/mol. The number of carbonyl (C=O) groups is 2. The van der Waals surface area contributed by atoms with Crippen molar-refractivity contribution in [2.75, 3.05) is 13.2 Å². The Hall–Kier alpha value is -2.89. The summed E-state index contributed by atoms with van der Waals surface area (Å²) in [7, 11) is 0. The highest BCUT2D eigenvalue weighted by Crippen LogP contribution is 2.19. The lowest BCUT2D eigenvalue weighted by molar-refractivity contribution is -0.142. The van der Waals surface area contributed by atoms with E-state index in [0.717, 1.165) is 16.7 Å². The van der Waals surface area contributed by atoms with E-state index in [2.05, 4.69) is 5.32 Å². The molecule has 0 radical (unpaired) electrons. The van der Waals surface area contributed by atoms with Gasteiger partial charge < -0.3 is 15.0 Å². The van der Waals surface area contributed by atoms with Crippen molar-refractivity contribution in [1.82, 2.24) is 10.2 Å². The maximum Gasteiger partial charge on any atom is 0.261 e. The third-order valence-electron chi connectivity index (χ3n) is 4.47. The van der Waals surface area contributed by atoms with Gasteiger partial charge in [0.2, 0.25) is 5.91 Å². The summed E-state index contributed by atoms with van der Waals surface area (Å²) in [5.74, 6) is -0.282. The molecule has 1 atom stereocenters. The van der Waals surface area contributed by atoms with E-state index in [1.54, 1.807) is 19.1 Å². The average Bonchev–Trinajstić information content (AvgIpc) is 2.66. The maximum absolute atomic E-state index is 13.2. The summed E-state index contributed by atoms with van der Waals surface area (Å²) >= 11 is 0. The van der Waals surface area contributed by atoms with Crippen molar-refractivity contribution in [3.05, 3.63) is 65.0 Å². The molecule has 6 heteroatoms. The van der Waals surface area contributed by atoms with Crippen LogP contribution in [0.25, 0.3) is 0 Å². The molecule has 0 aromatic heterocycles. The van der Waals surface area contributed by atoms with Crippen LogP contribution in [0.3, 0.4) is 0 Å². The predicted octanol–water partition coefficient (Wildman–Crippen LogP) is 3.37. The van der Waals surface area contributed by atoms with Gasteiger partial charge in [0.15, 0.2) is 6.61 Å². The molecule has 2 aromatic carbocycles. The van der Waals surface area contributed by atoms with E-state index in [4.69, 9.17) is 4.74 Å². The number of nitrogens with one attached hydrogen (secondary N) is 1. The second-order valence-corrected chi connectivity index (χ2v) is 6.78. The van der Waals surface area contributed by atoms with Crippen LogP contribution in [0.5, 0.6) is 5.75 Å². The number of benzene rings is 2. The van der Waals surface area contributed by atoms with Gasteiger partial charge in [0, 0.05) is 13.1 Å². The lowest BCUT2D eigenvalue weighted by Crippen LogP contribution is -2.49. The van der Waals surface area contributed by atoms with Crippen LogP contribution in [-0.4, -0.2) is 35.9 Å². The Bertz CT molecular complexity index is 821. The van der Waals surface area contributed by atoms with Crippen molar-refractivity contribution in [2.24, 2.45) is 0 Å². The summed E-state index contributed by atoms with van der Waals surface area (Å²) in [6, 6.07) is 10.9. The third-order valence-corrected chi connectivity index (χ3v) is 4.47. The molecule has 1 N–H and O–H groups in total. The predicted molar refractivity (Wildman–Crippen MR) is 107 cm³/mol. The topological polar surface area (TPSA) is 58.6 Å². The second kappa shape index (κ2) is 9.88. The van der Waals surface area contributed by atoms with Gasteiger partial charge in [-0.2, -0.15) is 0 Å². The zero-order chi connectivity index (χ0) is 20.7. The van der Waals surface area contributed by atoms with Crippen LogP contribution in [0.4, 0.5) is 4.39 Å². The molecule has 2 rings (SSSR count). The summed E-state index contributed by atoms with van der Waals surface area (Å²) in [5, 5.41) is 2.73. The van der Waals surface area contributed by atoms with Gasteiger partial charge in [-0.3, -0.25) is 9.59 Å². The minimum atomic E-state index is -0.680. The van der Waals surface area contributed by atoms with Gasteiger partial charge in [0.1, 0.15) is 17.6 Å². The number of ether oxygens (including phenoxy) is 1. The first-order chi connectivity index (χ1) is 13.3. The Morgan fingerprint density at radius 3 is 2.43 bits per heavy atom. The molecule has 0 aliphatic carbocycles. The molecule has 0 unspecified atom stereocenters. The number of amides is 2. The molecule has 28 heavy (non-hydrogen) atoms. The molecule has 0 saturated heterocycles. The fourth-order valence-corrected chi connectivity index (χ4v) is 2.87. The number of hydrogen-bond donors (Lipinski definition) is 1. The van der Waals surface area contributed by atoms with E-state index in [-0.39, 0.29) is 30.8 Å². The van der Waals surface area contributed by atoms with Crippen molar-refractivity contribution in [1.29, 1.82) is 0 Å². The molecule has 0 heterocycles. The Morgan fingerprint density at radius 2 is 1.82 bits per heavy atom. The highest BCUT2D eigenvalue weighted by molar-refractivity contribution is 5.87. The van der Waals surface area contributed by atoms with Crippen LogP contribution in [0.1, 0.15) is 30.5 Å². The first-order valence-electron chi connectivity index (χ1n) is 9.33. The minimum absolute atomic E-state index is 0.186. The SMILES string of the molecule is CCNC(=O)[C@@H](C)N(Cc1ccc(F)cc1)C(=O)COc1ccc(C)cc1C. The van der Waals surface area contributed by atoms with E-state index < -0.39 is 6.04 Å². The van der Waals surface area contributed by atoms with Gasteiger partial charge >= 0.3 is 0 Å². The molecule has 0 fully saturated rings. The van der Waals surface area contributed by atoms with E-state index in [1.165, 1.54) is 17.0 Å². The van der Waals surface area contributed by atoms with Crippen molar-refractivity contribution in [3.8, 4) is 5.75 Å². The second-order valence-electron chi connectivity index (χ2n) is 6.78. The first kappa shape index (κ1) is 21.4. The Morgan fingerprint density at radius 1 is 1.14 bits per heavy atom. The Labute approximate surface area is 165 Å². The maximum atomic E-state index is 13.2. The van der Waals surface area contributed by atoms with Gasteiger partial charge in [-0.1, -0.05) is 29.8 Å². The van der Waals surface area contributed by atoms with Crippen molar-refractivity contribution in [2.45, 2.75) is 40.3 Å². The van der Waals surface area contributed by atoms with Gasteiger partial charge in [-0.25, -0.2) is 4.39 Å². The number of hydrogen-bond acceptors (Lipinski definition) is 3. The van der Waals surface area contributed by atoms with Crippen molar-refractivity contribution >= 4 is 11.8 Å². The molecule has 0 aliphatic rings. The fraction of sp³-hybridized carbons (Fsp3) is 0.364. The molecule has 150 valence electrons. The molecule has 0 bridgehead atoms. The summed E-state index contributed by atoms with van der Waals surface area (Å²) in [6.07, 6.45) is 0. The Balaban J connectivity index is 2.15. The number of aryl methyl sites for hydroxylation is 2. The number of carbonyl (C=O) groups excluding carboxylic acids is 2. The molecule has 2 aromatic rings.